The molecule has 3 heterocycles. The van der Waals surface area contributed by atoms with Crippen LogP contribution in [0.4, 0.5) is 4.79 Å². The van der Waals surface area contributed by atoms with Crippen molar-refractivity contribution in [2.24, 2.45) is 11.8 Å². The van der Waals surface area contributed by atoms with Gasteiger partial charge in [0, 0.05) is 26.7 Å². The zero-order chi connectivity index (χ0) is 20.1. The predicted octanol–water partition coefficient (Wildman–Crippen LogP) is 1.67. The van der Waals surface area contributed by atoms with Gasteiger partial charge in [-0.2, -0.15) is 0 Å². The number of nitrogens with one attached hydrogen (secondary N) is 2. The van der Waals surface area contributed by atoms with Crippen LogP contribution in [0.5, 0.6) is 0 Å². The summed E-state index contributed by atoms with van der Waals surface area (Å²) >= 11 is 0. The summed E-state index contributed by atoms with van der Waals surface area (Å²) in [7, 11) is 1.65. The quantitative estimate of drug-likeness (QED) is 0.797. The molecule has 28 heavy (non-hydrogen) atoms. The Morgan fingerprint density at radius 2 is 1.93 bits per heavy atom. The fourth-order valence-electron chi connectivity index (χ4n) is 4.07. The third-order valence-electron chi connectivity index (χ3n) is 6.01. The van der Waals surface area contributed by atoms with Gasteiger partial charge in [-0.05, 0) is 58.5 Å². The highest BCUT2D eigenvalue weighted by molar-refractivity contribution is 5.80. The van der Waals surface area contributed by atoms with Gasteiger partial charge >= 0.3 is 6.03 Å². The molecule has 2 N–H and O–H groups in total. The smallest absolute Gasteiger partial charge is 0.317 e. The Morgan fingerprint density at radius 3 is 2.57 bits per heavy atom. The number of aryl methyl sites for hydroxylation is 2. The van der Waals surface area contributed by atoms with Crippen molar-refractivity contribution >= 4 is 11.9 Å². The molecular formula is C20H33N5O3. The van der Waals surface area contributed by atoms with E-state index in [0.29, 0.717) is 19.0 Å². The van der Waals surface area contributed by atoms with Crippen molar-refractivity contribution in [3.8, 4) is 0 Å². The molecule has 3 rings (SSSR count). The Bertz CT molecular complexity index is 662. The van der Waals surface area contributed by atoms with Gasteiger partial charge in [-0.3, -0.25) is 9.69 Å². The molecule has 2 aliphatic heterocycles. The van der Waals surface area contributed by atoms with E-state index < -0.39 is 0 Å². The number of hydrogen-bond acceptors (Lipinski definition) is 5. The van der Waals surface area contributed by atoms with E-state index in [-0.39, 0.29) is 17.9 Å². The van der Waals surface area contributed by atoms with Crippen LogP contribution in [-0.4, -0.2) is 66.5 Å². The molecule has 1 aromatic rings. The Balaban J connectivity index is 1.37. The number of amides is 3. The molecule has 156 valence electrons. The van der Waals surface area contributed by atoms with E-state index in [9.17, 15) is 9.59 Å². The Morgan fingerprint density at radius 1 is 1.18 bits per heavy atom. The maximum atomic E-state index is 12.5. The number of likely N-dealkylation sites (tertiary alicyclic amines) is 2. The van der Waals surface area contributed by atoms with Crippen molar-refractivity contribution in [1.82, 2.24) is 25.4 Å². The van der Waals surface area contributed by atoms with Gasteiger partial charge in [0.1, 0.15) is 5.76 Å². The molecule has 2 aliphatic rings. The van der Waals surface area contributed by atoms with Crippen LogP contribution in [0.1, 0.15) is 43.0 Å². The van der Waals surface area contributed by atoms with Gasteiger partial charge in [-0.25, -0.2) is 9.78 Å². The standard InChI is InChI=1S/C20H33N5O3/c1-14-15(2)28-18(23-14)13-24-9-6-16(7-10-24)11-22-20(27)25-8-4-5-17(12-25)19(26)21-3/h16-17H,4-13H2,1-3H3,(H,21,26)(H,22,27). The maximum Gasteiger partial charge on any atom is 0.317 e. The molecule has 0 saturated carbocycles. The number of rotatable bonds is 5. The summed E-state index contributed by atoms with van der Waals surface area (Å²) < 4.78 is 5.68. The summed E-state index contributed by atoms with van der Waals surface area (Å²) in [6.07, 6.45) is 3.84. The molecule has 0 aliphatic carbocycles. The molecule has 0 spiro atoms. The van der Waals surface area contributed by atoms with Crippen LogP contribution in [0.25, 0.3) is 0 Å². The summed E-state index contributed by atoms with van der Waals surface area (Å²) in [4.78, 5) is 32.9. The van der Waals surface area contributed by atoms with Crippen LogP contribution >= 0.6 is 0 Å². The van der Waals surface area contributed by atoms with Crippen LogP contribution in [0, 0.1) is 25.7 Å². The topological polar surface area (TPSA) is 90.7 Å². The van der Waals surface area contributed by atoms with Crippen molar-refractivity contribution in [1.29, 1.82) is 0 Å². The number of hydrogen-bond donors (Lipinski definition) is 2. The highest BCUT2D eigenvalue weighted by Gasteiger charge is 2.28. The molecule has 0 aromatic carbocycles. The Labute approximate surface area is 167 Å². The average molecular weight is 392 g/mol. The van der Waals surface area contributed by atoms with Crippen molar-refractivity contribution in [2.75, 3.05) is 39.8 Å². The van der Waals surface area contributed by atoms with E-state index in [1.54, 1.807) is 11.9 Å². The molecular weight excluding hydrogens is 358 g/mol. The molecule has 1 aromatic heterocycles. The molecule has 8 heteroatoms. The first kappa shape index (κ1) is 20.6. The van der Waals surface area contributed by atoms with Gasteiger partial charge in [0.2, 0.25) is 11.8 Å². The lowest BCUT2D eigenvalue weighted by molar-refractivity contribution is -0.125. The van der Waals surface area contributed by atoms with Crippen molar-refractivity contribution in [3.63, 3.8) is 0 Å². The number of carbonyl (C=O) groups excluding carboxylic acids is 2. The molecule has 1 atom stereocenters. The Kier molecular flexibility index (Phi) is 6.93. The molecule has 2 fully saturated rings. The number of piperidine rings is 2. The van der Waals surface area contributed by atoms with E-state index in [4.69, 9.17) is 4.42 Å². The van der Waals surface area contributed by atoms with Crippen LogP contribution in [0.15, 0.2) is 4.42 Å². The van der Waals surface area contributed by atoms with Gasteiger partial charge in [0.15, 0.2) is 0 Å². The number of urea groups is 1. The third-order valence-corrected chi connectivity index (χ3v) is 6.01. The predicted molar refractivity (Wildman–Crippen MR) is 106 cm³/mol. The lowest BCUT2D eigenvalue weighted by Gasteiger charge is -2.34. The van der Waals surface area contributed by atoms with Gasteiger partial charge in [-0.1, -0.05) is 0 Å². The first-order valence-corrected chi connectivity index (χ1v) is 10.4. The molecule has 0 bridgehead atoms. The molecule has 8 nitrogen and oxygen atoms in total. The lowest BCUT2D eigenvalue weighted by atomic mass is 9.96. The van der Waals surface area contributed by atoms with Gasteiger partial charge < -0.3 is 20.0 Å². The van der Waals surface area contributed by atoms with Crippen LogP contribution in [-0.2, 0) is 11.3 Å². The fourth-order valence-corrected chi connectivity index (χ4v) is 4.07. The summed E-state index contributed by atoms with van der Waals surface area (Å²) in [6, 6.07) is -0.0400. The van der Waals surface area contributed by atoms with Crippen molar-refractivity contribution in [3.05, 3.63) is 17.3 Å². The highest BCUT2D eigenvalue weighted by Crippen LogP contribution is 2.20. The largest absolute Gasteiger partial charge is 0.444 e. The minimum absolute atomic E-state index is 0.0290. The highest BCUT2D eigenvalue weighted by atomic mass is 16.4. The summed E-state index contributed by atoms with van der Waals surface area (Å²) in [5.41, 5.74) is 0.962. The van der Waals surface area contributed by atoms with Crippen molar-refractivity contribution < 1.29 is 14.0 Å². The summed E-state index contributed by atoms with van der Waals surface area (Å²) in [6.45, 7) is 8.59. The number of carbonyl (C=O) groups is 2. The second kappa shape index (κ2) is 9.41. The zero-order valence-corrected chi connectivity index (χ0v) is 17.3. The van der Waals surface area contributed by atoms with Gasteiger partial charge in [0.25, 0.3) is 0 Å². The van der Waals surface area contributed by atoms with E-state index in [1.807, 2.05) is 13.8 Å². The number of aromatic nitrogens is 1. The molecule has 0 radical (unpaired) electrons. The maximum absolute atomic E-state index is 12.5. The minimum atomic E-state index is -0.0878. The van der Waals surface area contributed by atoms with E-state index in [1.165, 1.54) is 0 Å². The SMILES string of the molecule is CNC(=O)C1CCCN(C(=O)NCC2CCN(Cc3nc(C)c(C)o3)CC2)C1. The first-order chi connectivity index (χ1) is 13.5. The van der Waals surface area contributed by atoms with Gasteiger partial charge in [0.05, 0.1) is 18.2 Å². The normalized spacial score (nSPS) is 21.5. The second-order valence-corrected chi connectivity index (χ2v) is 8.05. The number of nitrogens with zero attached hydrogens (tertiary/aromatic N) is 3. The van der Waals surface area contributed by atoms with Crippen LogP contribution < -0.4 is 10.6 Å². The van der Waals surface area contributed by atoms with Crippen molar-refractivity contribution in [2.45, 2.75) is 46.1 Å². The molecule has 2 saturated heterocycles. The van der Waals surface area contributed by atoms with E-state index in [0.717, 1.165) is 69.2 Å². The number of oxazole rings is 1. The van der Waals surface area contributed by atoms with Crippen LogP contribution in [0.3, 0.4) is 0 Å². The zero-order valence-electron chi connectivity index (χ0n) is 17.3. The van der Waals surface area contributed by atoms with Crippen LogP contribution in [0.2, 0.25) is 0 Å². The molecule has 3 amide bonds. The average Bonchev–Trinajstić information content (AvgIpc) is 3.03. The van der Waals surface area contributed by atoms with E-state index >= 15 is 0 Å². The first-order valence-electron chi connectivity index (χ1n) is 10.4. The fraction of sp³-hybridized carbons (Fsp3) is 0.750. The summed E-state index contributed by atoms with van der Waals surface area (Å²) in [5, 5.41) is 5.77. The van der Waals surface area contributed by atoms with Gasteiger partial charge in [-0.15, -0.1) is 0 Å². The minimum Gasteiger partial charge on any atom is -0.444 e. The lowest BCUT2D eigenvalue weighted by Crippen LogP contribution is -2.49. The molecule has 1 unspecified atom stereocenters. The van der Waals surface area contributed by atoms with E-state index in [2.05, 4.69) is 20.5 Å². The Hall–Kier alpha value is -2.09. The second-order valence-electron chi connectivity index (χ2n) is 8.05. The third kappa shape index (κ3) is 5.25. The monoisotopic (exact) mass is 391 g/mol. The summed E-state index contributed by atoms with van der Waals surface area (Å²) in [5.74, 6) is 2.12.